The van der Waals surface area contributed by atoms with E-state index in [0.29, 0.717) is 27.8 Å². The third kappa shape index (κ3) is 6.05. The maximum atomic E-state index is 13.3. The van der Waals surface area contributed by atoms with Gasteiger partial charge < -0.3 is 10.1 Å². The number of nitrogens with one attached hydrogen (secondary N) is 1. The minimum atomic E-state index is -3.91. The Morgan fingerprint density at radius 1 is 1.05 bits per heavy atom. The van der Waals surface area contributed by atoms with Crippen LogP contribution in [0.4, 0.5) is 5.69 Å². The Kier molecular flexibility index (Phi) is 7.71. The summed E-state index contributed by atoms with van der Waals surface area (Å²) in [5, 5.41) is 8.51. The first-order chi connectivity index (χ1) is 17.7. The number of fused-ring (bicyclic) bond motifs is 1. The molecule has 1 aromatic heterocycles. The van der Waals surface area contributed by atoms with E-state index in [1.165, 1.54) is 34.9 Å². The van der Waals surface area contributed by atoms with Gasteiger partial charge >= 0.3 is 5.97 Å². The van der Waals surface area contributed by atoms with Crippen molar-refractivity contribution in [1.29, 1.82) is 0 Å². The number of primary sulfonamides is 1. The standard InChI is InChI=1S/C25H22N4O6S2/c1-2-35-24(32)16-6-5-7-17(14-16)27-22(30)15-36-25-28-21-9-4-3-8-20(21)23(31)29(25)18-10-12-19(13-11-18)37(26,33)34/h3-14H,2,15H2,1H3,(H,27,30)(H2,26,33,34). The zero-order chi connectivity index (χ0) is 26.6. The lowest BCUT2D eigenvalue weighted by Gasteiger charge is -2.14. The highest BCUT2D eigenvalue weighted by atomic mass is 32.2. The van der Waals surface area contributed by atoms with Gasteiger partial charge in [0.05, 0.1) is 39.4 Å². The number of amides is 1. The van der Waals surface area contributed by atoms with Gasteiger partial charge in [-0.25, -0.2) is 23.3 Å². The average molecular weight is 539 g/mol. The fraction of sp³-hybridized carbons (Fsp3) is 0.120. The first kappa shape index (κ1) is 26.1. The minimum absolute atomic E-state index is 0.0936. The Morgan fingerprint density at radius 3 is 2.49 bits per heavy atom. The van der Waals surface area contributed by atoms with Crippen LogP contribution in [0.3, 0.4) is 0 Å². The summed E-state index contributed by atoms with van der Waals surface area (Å²) in [5.74, 6) is -0.973. The Bertz CT molecular complexity index is 1650. The first-order valence-electron chi connectivity index (χ1n) is 11.0. The highest BCUT2D eigenvalue weighted by Crippen LogP contribution is 2.23. The number of ether oxygens (including phenoxy) is 1. The number of sulfonamides is 1. The third-order valence-electron chi connectivity index (χ3n) is 5.16. The zero-order valence-corrected chi connectivity index (χ0v) is 21.2. The van der Waals surface area contributed by atoms with Crippen LogP contribution < -0.4 is 16.0 Å². The molecule has 0 aliphatic rings. The number of nitrogens with two attached hydrogens (primary N) is 1. The normalized spacial score (nSPS) is 11.3. The van der Waals surface area contributed by atoms with Crippen LogP contribution in [0, 0.1) is 0 Å². The molecule has 0 unspecified atom stereocenters. The van der Waals surface area contributed by atoms with Gasteiger partial charge in [0.1, 0.15) is 0 Å². The molecule has 0 aliphatic heterocycles. The van der Waals surface area contributed by atoms with Gasteiger partial charge in [-0.15, -0.1) is 0 Å². The summed E-state index contributed by atoms with van der Waals surface area (Å²) in [6, 6.07) is 18.6. The Morgan fingerprint density at radius 2 is 1.78 bits per heavy atom. The predicted octanol–water partition coefficient (Wildman–Crippen LogP) is 2.94. The van der Waals surface area contributed by atoms with Crippen molar-refractivity contribution in [3.8, 4) is 5.69 Å². The SMILES string of the molecule is CCOC(=O)c1cccc(NC(=O)CSc2nc3ccccc3c(=O)n2-c2ccc(S(N)(=O)=O)cc2)c1. The fourth-order valence-electron chi connectivity index (χ4n) is 3.49. The van der Waals surface area contributed by atoms with Crippen LogP contribution in [-0.2, 0) is 19.6 Å². The summed E-state index contributed by atoms with van der Waals surface area (Å²) in [6.07, 6.45) is 0. The lowest BCUT2D eigenvalue weighted by atomic mass is 10.2. The molecule has 0 bridgehead atoms. The maximum absolute atomic E-state index is 13.3. The third-order valence-corrected chi connectivity index (χ3v) is 7.03. The molecule has 37 heavy (non-hydrogen) atoms. The molecular weight excluding hydrogens is 516 g/mol. The number of anilines is 1. The highest BCUT2D eigenvalue weighted by molar-refractivity contribution is 7.99. The maximum Gasteiger partial charge on any atom is 0.338 e. The van der Waals surface area contributed by atoms with E-state index in [0.717, 1.165) is 11.8 Å². The molecule has 12 heteroatoms. The minimum Gasteiger partial charge on any atom is -0.462 e. The van der Waals surface area contributed by atoms with Crippen LogP contribution in [-0.4, -0.2) is 42.2 Å². The van der Waals surface area contributed by atoms with Crippen LogP contribution >= 0.6 is 11.8 Å². The van der Waals surface area contributed by atoms with Gasteiger partial charge in [0.2, 0.25) is 15.9 Å². The van der Waals surface area contributed by atoms with Gasteiger partial charge in [-0.05, 0) is 61.5 Å². The molecule has 3 aromatic carbocycles. The monoisotopic (exact) mass is 538 g/mol. The molecule has 1 heterocycles. The quantitative estimate of drug-likeness (QED) is 0.197. The molecule has 0 fully saturated rings. The molecule has 0 spiro atoms. The van der Waals surface area contributed by atoms with E-state index in [9.17, 15) is 22.8 Å². The average Bonchev–Trinajstić information content (AvgIpc) is 2.87. The van der Waals surface area contributed by atoms with Crippen LogP contribution in [0.15, 0.2) is 87.6 Å². The van der Waals surface area contributed by atoms with Crippen molar-refractivity contribution in [2.45, 2.75) is 17.0 Å². The molecule has 1 amide bonds. The molecule has 0 atom stereocenters. The van der Waals surface area contributed by atoms with E-state index in [4.69, 9.17) is 9.88 Å². The Labute approximate surface area is 216 Å². The molecule has 0 saturated carbocycles. The van der Waals surface area contributed by atoms with E-state index in [-0.39, 0.29) is 33.9 Å². The summed E-state index contributed by atoms with van der Waals surface area (Å²) in [4.78, 5) is 42.5. The topological polar surface area (TPSA) is 150 Å². The number of hydrogen-bond acceptors (Lipinski definition) is 8. The number of rotatable bonds is 8. The second kappa shape index (κ2) is 10.9. The molecule has 0 aliphatic carbocycles. The van der Waals surface area contributed by atoms with E-state index >= 15 is 0 Å². The number of para-hydroxylation sites is 1. The van der Waals surface area contributed by atoms with Crippen molar-refractivity contribution in [2.75, 3.05) is 17.7 Å². The van der Waals surface area contributed by atoms with Crippen LogP contribution in [0.5, 0.6) is 0 Å². The lowest BCUT2D eigenvalue weighted by Crippen LogP contribution is -2.23. The van der Waals surface area contributed by atoms with Gasteiger partial charge in [-0.1, -0.05) is 30.0 Å². The molecule has 0 radical (unpaired) electrons. The van der Waals surface area contributed by atoms with E-state index in [1.54, 1.807) is 49.4 Å². The second-order valence-electron chi connectivity index (χ2n) is 7.73. The number of carbonyl (C=O) groups excluding carboxylic acids is 2. The summed E-state index contributed by atoms with van der Waals surface area (Å²) in [5.41, 5.74) is 1.16. The molecule has 4 aromatic rings. The van der Waals surface area contributed by atoms with E-state index in [1.807, 2.05) is 0 Å². The predicted molar refractivity (Wildman–Crippen MR) is 140 cm³/mol. The van der Waals surface area contributed by atoms with Crippen LogP contribution in [0.25, 0.3) is 16.6 Å². The van der Waals surface area contributed by atoms with Gasteiger partial charge in [-0.2, -0.15) is 0 Å². The molecule has 0 saturated heterocycles. The van der Waals surface area contributed by atoms with Gasteiger partial charge in [0.15, 0.2) is 5.16 Å². The van der Waals surface area contributed by atoms with Gasteiger partial charge in [0, 0.05) is 5.69 Å². The number of hydrogen-bond donors (Lipinski definition) is 2. The number of benzene rings is 3. The number of aromatic nitrogens is 2. The van der Waals surface area contributed by atoms with Crippen molar-refractivity contribution in [1.82, 2.24) is 9.55 Å². The van der Waals surface area contributed by atoms with Gasteiger partial charge in [-0.3, -0.25) is 14.2 Å². The highest BCUT2D eigenvalue weighted by Gasteiger charge is 2.16. The molecule has 190 valence electrons. The second-order valence-corrected chi connectivity index (χ2v) is 10.2. The molecule has 10 nitrogen and oxygen atoms in total. The molecule has 4 rings (SSSR count). The fourth-order valence-corrected chi connectivity index (χ4v) is 4.82. The summed E-state index contributed by atoms with van der Waals surface area (Å²) >= 11 is 1.03. The number of esters is 1. The Balaban J connectivity index is 1.62. The zero-order valence-electron chi connectivity index (χ0n) is 19.6. The van der Waals surface area contributed by atoms with Crippen molar-refractivity contribution in [3.05, 3.63) is 88.7 Å². The van der Waals surface area contributed by atoms with Crippen molar-refractivity contribution < 1.29 is 22.7 Å². The number of thioether (sulfide) groups is 1. The summed E-state index contributed by atoms with van der Waals surface area (Å²) in [7, 11) is -3.91. The van der Waals surface area contributed by atoms with E-state index < -0.39 is 16.0 Å². The number of nitrogens with zero attached hydrogens (tertiary/aromatic N) is 2. The van der Waals surface area contributed by atoms with Crippen molar-refractivity contribution in [3.63, 3.8) is 0 Å². The van der Waals surface area contributed by atoms with Gasteiger partial charge in [0.25, 0.3) is 5.56 Å². The van der Waals surface area contributed by atoms with Crippen molar-refractivity contribution in [2.24, 2.45) is 5.14 Å². The first-order valence-corrected chi connectivity index (χ1v) is 13.6. The smallest absolute Gasteiger partial charge is 0.338 e. The van der Waals surface area contributed by atoms with E-state index in [2.05, 4.69) is 10.3 Å². The van der Waals surface area contributed by atoms with Crippen LogP contribution in [0.1, 0.15) is 17.3 Å². The largest absolute Gasteiger partial charge is 0.462 e. The summed E-state index contributed by atoms with van der Waals surface area (Å²) in [6.45, 7) is 1.94. The lowest BCUT2D eigenvalue weighted by molar-refractivity contribution is -0.113. The summed E-state index contributed by atoms with van der Waals surface area (Å²) < 4.78 is 29.6. The van der Waals surface area contributed by atoms with Crippen molar-refractivity contribution >= 4 is 50.3 Å². The Hall–Kier alpha value is -4.00. The van der Waals surface area contributed by atoms with Crippen LogP contribution in [0.2, 0.25) is 0 Å². The molecule has 3 N–H and O–H groups in total. The molecular formula is C25H22N4O6S2. The number of carbonyl (C=O) groups is 2.